The summed E-state index contributed by atoms with van der Waals surface area (Å²) in [6, 6.07) is 0. The third-order valence-corrected chi connectivity index (χ3v) is 1.86. The van der Waals surface area contributed by atoms with Crippen LogP contribution in [-0.2, 0) is 0 Å². The first-order valence-corrected chi connectivity index (χ1v) is 4.20. The first-order valence-electron chi connectivity index (χ1n) is 3.66. The van der Waals surface area contributed by atoms with Crippen LogP contribution >= 0.6 is 11.6 Å². The van der Waals surface area contributed by atoms with Crippen molar-refractivity contribution in [3.8, 4) is 0 Å². The average molecular weight is 204 g/mol. The van der Waals surface area contributed by atoms with Gasteiger partial charge in [0.1, 0.15) is 0 Å². The summed E-state index contributed by atoms with van der Waals surface area (Å²) in [5, 5.41) is 0. The van der Waals surface area contributed by atoms with Crippen LogP contribution in [0.1, 0.15) is 6.92 Å². The molecule has 0 radical (unpaired) electrons. The summed E-state index contributed by atoms with van der Waals surface area (Å²) in [6.07, 6.45) is -4.11. The Morgan fingerprint density at radius 1 is 1.42 bits per heavy atom. The predicted molar refractivity (Wildman–Crippen MR) is 43.4 cm³/mol. The predicted octanol–water partition coefficient (Wildman–Crippen LogP) is 2.36. The average Bonchev–Trinajstić information content (AvgIpc) is 1.82. The molecule has 0 aliphatic rings. The zero-order valence-corrected chi connectivity index (χ0v) is 7.91. The van der Waals surface area contributed by atoms with E-state index >= 15 is 0 Å². The van der Waals surface area contributed by atoms with Gasteiger partial charge in [-0.15, -0.1) is 11.6 Å². The van der Waals surface area contributed by atoms with E-state index in [0.29, 0.717) is 12.4 Å². The molecule has 0 aliphatic heterocycles. The van der Waals surface area contributed by atoms with Gasteiger partial charge in [-0.3, -0.25) is 4.90 Å². The van der Waals surface area contributed by atoms with Crippen LogP contribution in [0.2, 0.25) is 0 Å². The number of hydrogen-bond acceptors (Lipinski definition) is 1. The Morgan fingerprint density at radius 3 is 2.25 bits per heavy atom. The fourth-order valence-corrected chi connectivity index (χ4v) is 1.05. The van der Waals surface area contributed by atoms with Gasteiger partial charge in [-0.05, 0) is 13.0 Å². The maximum absolute atomic E-state index is 11.8. The van der Waals surface area contributed by atoms with Crippen molar-refractivity contribution < 1.29 is 13.2 Å². The summed E-state index contributed by atoms with van der Waals surface area (Å²) in [4.78, 5) is 1.23. The van der Waals surface area contributed by atoms with Crippen LogP contribution in [-0.4, -0.2) is 37.1 Å². The zero-order valence-electron chi connectivity index (χ0n) is 7.16. The Balaban J connectivity index is 3.66. The summed E-state index contributed by atoms with van der Waals surface area (Å²) in [5.74, 6) is 0.487. The van der Waals surface area contributed by atoms with Crippen molar-refractivity contribution in [2.75, 3.05) is 26.0 Å². The second-order valence-corrected chi connectivity index (χ2v) is 3.38. The Kier molecular flexibility index (Phi) is 4.94. The molecular formula is C7H13ClF3N. The van der Waals surface area contributed by atoms with Crippen LogP contribution in [0.3, 0.4) is 0 Å². The summed E-state index contributed by atoms with van der Waals surface area (Å²) < 4.78 is 35.4. The summed E-state index contributed by atoms with van der Waals surface area (Å²) in [5.41, 5.74) is 0. The Morgan fingerprint density at radius 2 is 1.92 bits per heavy atom. The zero-order chi connectivity index (χ0) is 9.78. The van der Waals surface area contributed by atoms with Crippen molar-refractivity contribution in [3.05, 3.63) is 0 Å². The van der Waals surface area contributed by atoms with Crippen LogP contribution in [0, 0.1) is 5.92 Å². The van der Waals surface area contributed by atoms with E-state index in [9.17, 15) is 13.2 Å². The highest BCUT2D eigenvalue weighted by atomic mass is 35.5. The van der Waals surface area contributed by atoms with Gasteiger partial charge in [0.25, 0.3) is 0 Å². The van der Waals surface area contributed by atoms with Crippen molar-refractivity contribution in [3.63, 3.8) is 0 Å². The quantitative estimate of drug-likeness (QED) is 0.634. The lowest BCUT2D eigenvalue weighted by atomic mass is 10.2. The van der Waals surface area contributed by atoms with Gasteiger partial charge >= 0.3 is 6.18 Å². The topological polar surface area (TPSA) is 3.24 Å². The van der Waals surface area contributed by atoms with Gasteiger partial charge in [0, 0.05) is 12.4 Å². The Labute approximate surface area is 75.5 Å². The Hall–Kier alpha value is 0.0400. The van der Waals surface area contributed by atoms with E-state index in [1.54, 1.807) is 0 Å². The summed E-state index contributed by atoms with van der Waals surface area (Å²) in [6.45, 7) is 1.33. The molecule has 0 rings (SSSR count). The van der Waals surface area contributed by atoms with Crippen molar-refractivity contribution in [2.45, 2.75) is 13.1 Å². The number of alkyl halides is 4. The first kappa shape index (κ1) is 12.0. The van der Waals surface area contributed by atoms with E-state index in [-0.39, 0.29) is 5.92 Å². The first-order chi connectivity index (χ1) is 5.35. The van der Waals surface area contributed by atoms with Crippen molar-refractivity contribution in [1.82, 2.24) is 4.90 Å². The van der Waals surface area contributed by atoms with Crippen molar-refractivity contribution in [1.29, 1.82) is 0 Å². The molecule has 0 spiro atoms. The van der Waals surface area contributed by atoms with E-state index in [1.807, 2.05) is 6.92 Å². The molecule has 0 saturated carbocycles. The fraction of sp³-hybridized carbons (Fsp3) is 1.00. The molecule has 0 amide bonds. The SMILES string of the molecule is CC(CCl)CN(C)CC(F)(F)F. The molecular weight excluding hydrogens is 191 g/mol. The lowest BCUT2D eigenvalue weighted by Crippen LogP contribution is -2.34. The van der Waals surface area contributed by atoms with Gasteiger partial charge in [0.15, 0.2) is 0 Å². The van der Waals surface area contributed by atoms with Crippen LogP contribution in [0.15, 0.2) is 0 Å². The molecule has 0 heterocycles. The minimum atomic E-state index is -4.11. The lowest BCUT2D eigenvalue weighted by Gasteiger charge is -2.20. The molecule has 1 unspecified atom stereocenters. The number of hydrogen-bond donors (Lipinski definition) is 0. The van der Waals surface area contributed by atoms with Crippen LogP contribution < -0.4 is 0 Å². The highest BCUT2D eigenvalue weighted by Gasteiger charge is 2.29. The lowest BCUT2D eigenvalue weighted by molar-refractivity contribution is -0.143. The molecule has 0 bridgehead atoms. The van der Waals surface area contributed by atoms with Gasteiger partial charge in [-0.25, -0.2) is 0 Å². The molecule has 0 aliphatic carbocycles. The van der Waals surface area contributed by atoms with Gasteiger partial charge < -0.3 is 0 Å². The van der Waals surface area contributed by atoms with E-state index in [4.69, 9.17) is 11.6 Å². The standard InChI is InChI=1S/C7H13ClF3N/c1-6(3-8)4-12(2)5-7(9,10)11/h6H,3-5H2,1-2H3. The van der Waals surface area contributed by atoms with E-state index < -0.39 is 12.7 Å². The Bertz CT molecular complexity index is 126. The van der Waals surface area contributed by atoms with Gasteiger partial charge in [-0.2, -0.15) is 13.2 Å². The largest absolute Gasteiger partial charge is 0.401 e. The molecule has 0 aromatic carbocycles. The van der Waals surface area contributed by atoms with Gasteiger partial charge in [0.2, 0.25) is 0 Å². The fourth-order valence-electron chi connectivity index (χ4n) is 0.951. The second-order valence-electron chi connectivity index (χ2n) is 3.07. The number of halogens is 4. The molecule has 0 aromatic rings. The maximum atomic E-state index is 11.8. The van der Waals surface area contributed by atoms with E-state index in [1.165, 1.54) is 11.9 Å². The molecule has 0 N–H and O–H groups in total. The van der Waals surface area contributed by atoms with Crippen LogP contribution in [0.25, 0.3) is 0 Å². The van der Waals surface area contributed by atoms with Crippen LogP contribution in [0.4, 0.5) is 13.2 Å². The highest BCUT2D eigenvalue weighted by molar-refractivity contribution is 6.18. The van der Waals surface area contributed by atoms with E-state index in [0.717, 1.165) is 0 Å². The third kappa shape index (κ3) is 6.73. The van der Waals surface area contributed by atoms with Crippen LogP contribution in [0.5, 0.6) is 0 Å². The number of rotatable bonds is 4. The minimum absolute atomic E-state index is 0.0963. The second kappa shape index (κ2) is 4.92. The molecule has 1 nitrogen and oxygen atoms in total. The molecule has 1 atom stereocenters. The summed E-state index contributed by atoms with van der Waals surface area (Å²) >= 11 is 5.46. The monoisotopic (exact) mass is 203 g/mol. The molecule has 0 aromatic heterocycles. The molecule has 0 fully saturated rings. The molecule has 5 heteroatoms. The third-order valence-electron chi connectivity index (χ3n) is 1.34. The normalized spacial score (nSPS) is 15.2. The molecule has 74 valence electrons. The van der Waals surface area contributed by atoms with Crippen molar-refractivity contribution >= 4 is 11.6 Å². The molecule has 12 heavy (non-hydrogen) atoms. The minimum Gasteiger partial charge on any atom is -0.298 e. The highest BCUT2D eigenvalue weighted by Crippen LogP contribution is 2.16. The summed E-state index contributed by atoms with van der Waals surface area (Å²) in [7, 11) is 1.44. The van der Waals surface area contributed by atoms with E-state index in [2.05, 4.69) is 0 Å². The van der Waals surface area contributed by atoms with Gasteiger partial charge in [0.05, 0.1) is 6.54 Å². The maximum Gasteiger partial charge on any atom is 0.401 e. The smallest absolute Gasteiger partial charge is 0.298 e. The van der Waals surface area contributed by atoms with Crippen molar-refractivity contribution in [2.24, 2.45) is 5.92 Å². The number of nitrogens with zero attached hydrogens (tertiary/aromatic N) is 1. The molecule has 0 saturated heterocycles. The van der Waals surface area contributed by atoms with Gasteiger partial charge in [-0.1, -0.05) is 6.92 Å².